The average Bonchev–Trinajstić information content (AvgIpc) is 2.27. The number of phenols is 1. The Balaban J connectivity index is 2.79. The molecule has 2 N–H and O–H groups in total. The molecular weight excluding hydrogens is 250 g/mol. The number of carbonyl (C=O) groups excluding carboxylic acids is 1. The number of phenolic OH excluding ortho intramolecular Hbond substituents is 1. The number of aromatic hydroxyl groups is 1. The maximum absolute atomic E-state index is 12.1. The first-order valence-corrected chi connectivity index (χ1v) is 6.54. The van der Waals surface area contributed by atoms with E-state index in [-0.39, 0.29) is 23.1 Å². The van der Waals surface area contributed by atoms with E-state index in [9.17, 15) is 9.90 Å². The van der Waals surface area contributed by atoms with Gasteiger partial charge >= 0.3 is 0 Å². The molecule has 0 radical (unpaired) electrons. The largest absolute Gasteiger partial charge is 0.508 e. The molecule has 0 heterocycles. The van der Waals surface area contributed by atoms with Gasteiger partial charge in [0.25, 0.3) is 5.91 Å². The molecule has 1 rings (SSSR count). The molecular formula is C14H20ClNO2. The van der Waals surface area contributed by atoms with Gasteiger partial charge in [0.15, 0.2) is 0 Å². The van der Waals surface area contributed by atoms with Crippen LogP contribution in [0.15, 0.2) is 24.3 Å². The number of nitrogens with one attached hydrogen (secondary N) is 1. The predicted octanol–water partition coefficient (Wildman–Crippen LogP) is 3.17. The van der Waals surface area contributed by atoms with E-state index in [2.05, 4.69) is 26.1 Å². The van der Waals surface area contributed by atoms with E-state index in [1.807, 2.05) is 0 Å². The smallest absolute Gasteiger partial charge is 0.251 e. The Bertz CT molecular complexity index is 413. The van der Waals surface area contributed by atoms with E-state index in [0.29, 0.717) is 11.4 Å². The molecule has 0 saturated heterocycles. The fourth-order valence-electron chi connectivity index (χ4n) is 1.72. The van der Waals surface area contributed by atoms with Gasteiger partial charge in [-0.25, -0.2) is 0 Å². The van der Waals surface area contributed by atoms with Crippen LogP contribution in [-0.4, -0.2) is 22.9 Å². The lowest BCUT2D eigenvalue weighted by Crippen LogP contribution is -2.44. The van der Waals surface area contributed by atoms with E-state index in [0.717, 1.165) is 6.42 Å². The number of carbonyl (C=O) groups is 1. The number of halogens is 1. The van der Waals surface area contributed by atoms with Crippen molar-refractivity contribution in [2.75, 3.05) is 5.88 Å². The van der Waals surface area contributed by atoms with Crippen molar-refractivity contribution in [1.29, 1.82) is 0 Å². The maximum atomic E-state index is 12.1. The van der Waals surface area contributed by atoms with Crippen LogP contribution in [0.3, 0.4) is 0 Å². The molecule has 0 aliphatic heterocycles. The SMILES string of the molecule is CC(C)(C)C(CCCl)NC(=O)c1cccc(O)c1. The quantitative estimate of drug-likeness (QED) is 0.825. The van der Waals surface area contributed by atoms with Crippen LogP contribution in [0.2, 0.25) is 0 Å². The summed E-state index contributed by atoms with van der Waals surface area (Å²) in [6, 6.07) is 6.32. The van der Waals surface area contributed by atoms with Gasteiger partial charge in [0.05, 0.1) is 0 Å². The second-order valence-electron chi connectivity index (χ2n) is 5.42. The second kappa shape index (κ2) is 6.10. The normalized spacial score (nSPS) is 13.1. The van der Waals surface area contributed by atoms with Crippen LogP contribution in [0.25, 0.3) is 0 Å². The van der Waals surface area contributed by atoms with Crippen LogP contribution in [-0.2, 0) is 0 Å². The standard InChI is InChI=1S/C14H20ClNO2/c1-14(2,3)12(7-8-15)16-13(18)10-5-4-6-11(17)9-10/h4-6,9,12,17H,7-8H2,1-3H3,(H,16,18). The summed E-state index contributed by atoms with van der Waals surface area (Å²) in [4.78, 5) is 12.1. The van der Waals surface area contributed by atoms with E-state index in [1.165, 1.54) is 12.1 Å². The monoisotopic (exact) mass is 269 g/mol. The van der Waals surface area contributed by atoms with Crippen molar-refractivity contribution in [2.45, 2.75) is 33.2 Å². The number of rotatable bonds is 4. The Morgan fingerprint density at radius 2 is 2.11 bits per heavy atom. The predicted molar refractivity (Wildman–Crippen MR) is 74.2 cm³/mol. The van der Waals surface area contributed by atoms with Crippen LogP contribution in [0.5, 0.6) is 5.75 Å². The van der Waals surface area contributed by atoms with Crippen molar-refractivity contribution in [1.82, 2.24) is 5.32 Å². The number of amides is 1. The number of benzene rings is 1. The van der Waals surface area contributed by atoms with Gasteiger partial charge in [-0.1, -0.05) is 26.8 Å². The van der Waals surface area contributed by atoms with Crippen molar-refractivity contribution >= 4 is 17.5 Å². The molecule has 100 valence electrons. The number of hydrogen-bond donors (Lipinski definition) is 2. The van der Waals surface area contributed by atoms with Gasteiger partial charge in [-0.05, 0) is 30.0 Å². The third-order valence-electron chi connectivity index (χ3n) is 2.86. The fourth-order valence-corrected chi connectivity index (χ4v) is 1.94. The first kappa shape index (κ1) is 14.8. The molecule has 1 aromatic carbocycles. The summed E-state index contributed by atoms with van der Waals surface area (Å²) in [6.07, 6.45) is 0.718. The molecule has 0 spiro atoms. The summed E-state index contributed by atoms with van der Waals surface area (Å²) in [7, 11) is 0. The van der Waals surface area contributed by atoms with Crippen molar-refractivity contribution < 1.29 is 9.90 Å². The van der Waals surface area contributed by atoms with E-state index < -0.39 is 0 Å². The van der Waals surface area contributed by atoms with Gasteiger partial charge in [-0.2, -0.15) is 0 Å². The van der Waals surface area contributed by atoms with Crippen LogP contribution >= 0.6 is 11.6 Å². The summed E-state index contributed by atoms with van der Waals surface area (Å²) < 4.78 is 0. The van der Waals surface area contributed by atoms with Crippen molar-refractivity contribution in [3.63, 3.8) is 0 Å². The third kappa shape index (κ3) is 4.22. The summed E-state index contributed by atoms with van der Waals surface area (Å²) in [5, 5.41) is 12.3. The van der Waals surface area contributed by atoms with Crippen molar-refractivity contribution in [3.05, 3.63) is 29.8 Å². The molecule has 1 unspecified atom stereocenters. The highest BCUT2D eigenvalue weighted by molar-refractivity contribution is 6.17. The zero-order chi connectivity index (χ0) is 13.8. The summed E-state index contributed by atoms with van der Waals surface area (Å²) >= 11 is 5.77. The molecule has 0 saturated carbocycles. The Kier molecular flexibility index (Phi) is 5.03. The van der Waals surface area contributed by atoms with Gasteiger partial charge in [0, 0.05) is 17.5 Å². The Hall–Kier alpha value is -1.22. The molecule has 0 bridgehead atoms. The van der Waals surface area contributed by atoms with E-state index in [4.69, 9.17) is 11.6 Å². The minimum absolute atomic E-state index is 0.00449. The summed E-state index contributed by atoms with van der Waals surface area (Å²) in [6.45, 7) is 6.19. The molecule has 1 amide bonds. The molecule has 4 heteroatoms. The lowest BCUT2D eigenvalue weighted by molar-refractivity contribution is 0.0900. The van der Waals surface area contributed by atoms with E-state index >= 15 is 0 Å². The highest BCUT2D eigenvalue weighted by Crippen LogP contribution is 2.23. The Labute approximate surface area is 113 Å². The first-order valence-electron chi connectivity index (χ1n) is 6.00. The van der Waals surface area contributed by atoms with Crippen LogP contribution in [0.1, 0.15) is 37.6 Å². The van der Waals surface area contributed by atoms with Gasteiger partial charge in [-0.15, -0.1) is 11.6 Å². The van der Waals surface area contributed by atoms with Gasteiger partial charge in [0.2, 0.25) is 0 Å². The van der Waals surface area contributed by atoms with Crippen LogP contribution in [0.4, 0.5) is 0 Å². The maximum Gasteiger partial charge on any atom is 0.251 e. The fraction of sp³-hybridized carbons (Fsp3) is 0.500. The number of alkyl halides is 1. The van der Waals surface area contributed by atoms with E-state index in [1.54, 1.807) is 12.1 Å². The van der Waals surface area contributed by atoms with Gasteiger partial charge in [0.1, 0.15) is 5.75 Å². The lowest BCUT2D eigenvalue weighted by Gasteiger charge is -2.31. The zero-order valence-corrected chi connectivity index (χ0v) is 11.8. The average molecular weight is 270 g/mol. The lowest BCUT2D eigenvalue weighted by atomic mass is 9.85. The molecule has 0 aliphatic rings. The van der Waals surface area contributed by atoms with Crippen LogP contribution < -0.4 is 5.32 Å². The Morgan fingerprint density at radius 1 is 1.44 bits per heavy atom. The van der Waals surface area contributed by atoms with Gasteiger partial charge in [-0.3, -0.25) is 4.79 Å². The zero-order valence-electron chi connectivity index (χ0n) is 11.0. The highest BCUT2D eigenvalue weighted by atomic mass is 35.5. The Morgan fingerprint density at radius 3 is 2.61 bits per heavy atom. The second-order valence-corrected chi connectivity index (χ2v) is 5.80. The third-order valence-corrected chi connectivity index (χ3v) is 3.08. The summed E-state index contributed by atoms with van der Waals surface area (Å²) in [5.74, 6) is 0.408. The summed E-state index contributed by atoms with van der Waals surface area (Å²) in [5.41, 5.74) is 0.403. The molecule has 1 aromatic rings. The number of hydrogen-bond acceptors (Lipinski definition) is 2. The van der Waals surface area contributed by atoms with Crippen molar-refractivity contribution in [2.24, 2.45) is 5.41 Å². The topological polar surface area (TPSA) is 49.3 Å². The highest BCUT2D eigenvalue weighted by Gasteiger charge is 2.25. The molecule has 1 atom stereocenters. The molecule has 0 fully saturated rings. The molecule has 0 aromatic heterocycles. The van der Waals surface area contributed by atoms with Crippen LogP contribution in [0, 0.1) is 5.41 Å². The first-order chi connectivity index (χ1) is 8.34. The minimum Gasteiger partial charge on any atom is -0.508 e. The molecule has 18 heavy (non-hydrogen) atoms. The molecule has 3 nitrogen and oxygen atoms in total. The minimum atomic E-state index is -0.184. The molecule has 0 aliphatic carbocycles. The van der Waals surface area contributed by atoms with Crippen molar-refractivity contribution in [3.8, 4) is 5.75 Å². The van der Waals surface area contributed by atoms with Gasteiger partial charge < -0.3 is 10.4 Å².